The molecule has 2 aromatic carbocycles. The second-order valence-electron chi connectivity index (χ2n) is 6.85. The molecule has 8 nitrogen and oxygen atoms in total. The van der Waals surface area contributed by atoms with Crippen LogP contribution < -0.4 is 30.1 Å². The number of primary amides is 1. The van der Waals surface area contributed by atoms with E-state index in [1.807, 2.05) is 24.3 Å². The Morgan fingerprint density at radius 1 is 1.03 bits per heavy atom. The number of carbonyl (C=O) groups is 1. The molecular formula is C23H30ClN3O5. The van der Waals surface area contributed by atoms with Crippen molar-refractivity contribution in [2.24, 2.45) is 10.8 Å². The SMILES string of the molecule is CCCCCCOc1ccc(OCCOc2c(Cl)cc(/C=N/NC(N)=O)cc2OC)cc1. The van der Waals surface area contributed by atoms with Crippen molar-refractivity contribution < 1.29 is 23.7 Å². The predicted octanol–water partition coefficient (Wildman–Crippen LogP) is 4.77. The molecule has 0 radical (unpaired) electrons. The molecule has 2 rings (SSSR count). The molecule has 0 atom stereocenters. The molecule has 174 valence electrons. The van der Waals surface area contributed by atoms with Crippen LogP contribution in [0.4, 0.5) is 4.79 Å². The first-order valence-electron chi connectivity index (χ1n) is 10.5. The number of methoxy groups -OCH3 is 1. The largest absolute Gasteiger partial charge is 0.494 e. The highest BCUT2D eigenvalue weighted by Crippen LogP contribution is 2.36. The standard InChI is InChI=1S/C23H30ClN3O5/c1-3-4-5-6-11-30-18-7-9-19(10-8-18)31-12-13-32-22-20(24)14-17(15-21(22)29-2)16-26-27-23(25)28/h7-10,14-16H,3-6,11-13H2,1-2H3,(H3,25,27,28)/b26-16+. The minimum absolute atomic E-state index is 0.266. The highest BCUT2D eigenvalue weighted by molar-refractivity contribution is 6.32. The second-order valence-corrected chi connectivity index (χ2v) is 7.25. The van der Waals surface area contributed by atoms with Gasteiger partial charge in [-0.2, -0.15) is 5.10 Å². The summed E-state index contributed by atoms with van der Waals surface area (Å²) in [6, 6.07) is 10.1. The van der Waals surface area contributed by atoms with E-state index in [9.17, 15) is 4.79 Å². The molecule has 0 aliphatic carbocycles. The van der Waals surface area contributed by atoms with Crippen LogP contribution in [0.5, 0.6) is 23.0 Å². The summed E-state index contributed by atoms with van der Waals surface area (Å²) in [6.07, 6.45) is 6.10. The van der Waals surface area contributed by atoms with Gasteiger partial charge < -0.3 is 24.7 Å². The number of nitrogens with one attached hydrogen (secondary N) is 1. The van der Waals surface area contributed by atoms with Crippen molar-refractivity contribution in [3.05, 3.63) is 47.0 Å². The summed E-state index contributed by atoms with van der Waals surface area (Å²) in [5, 5.41) is 4.04. The lowest BCUT2D eigenvalue weighted by molar-refractivity contribution is 0.211. The average molecular weight is 464 g/mol. The molecule has 0 saturated carbocycles. The molecule has 9 heteroatoms. The number of rotatable bonds is 14. The first-order chi connectivity index (χ1) is 15.5. The van der Waals surface area contributed by atoms with Crippen molar-refractivity contribution in [2.45, 2.75) is 32.6 Å². The van der Waals surface area contributed by atoms with Crippen LogP contribution in [0.2, 0.25) is 5.02 Å². The first-order valence-corrected chi connectivity index (χ1v) is 10.9. The number of hydrazone groups is 1. The molecule has 2 aromatic rings. The number of halogens is 1. The van der Waals surface area contributed by atoms with E-state index in [-0.39, 0.29) is 6.61 Å². The number of carbonyl (C=O) groups excluding carboxylic acids is 1. The van der Waals surface area contributed by atoms with Crippen molar-refractivity contribution in [1.82, 2.24) is 5.43 Å². The van der Waals surface area contributed by atoms with E-state index in [2.05, 4.69) is 17.5 Å². The van der Waals surface area contributed by atoms with Crippen LogP contribution in [-0.2, 0) is 0 Å². The highest BCUT2D eigenvalue weighted by Gasteiger charge is 2.12. The smallest absolute Gasteiger partial charge is 0.332 e. The summed E-state index contributed by atoms with van der Waals surface area (Å²) in [6.45, 7) is 3.50. The molecule has 0 bridgehead atoms. The maximum absolute atomic E-state index is 10.7. The molecule has 0 unspecified atom stereocenters. The third-order valence-corrected chi connectivity index (χ3v) is 4.61. The molecule has 0 fully saturated rings. The summed E-state index contributed by atoms with van der Waals surface area (Å²) in [7, 11) is 1.50. The Hall–Kier alpha value is -3.13. The van der Waals surface area contributed by atoms with E-state index in [0.717, 1.165) is 24.5 Å². The maximum atomic E-state index is 10.7. The Kier molecular flexibility index (Phi) is 11.0. The number of ether oxygens (including phenoxy) is 4. The quantitative estimate of drug-likeness (QED) is 0.238. The monoisotopic (exact) mass is 463 g/mol. The minimum atomic E-state index is -0.760. The number of hydrogen-bond acceptors (Lipinski definition) is 6. The fraction of sp³-hybridized carbons (Fsp3) is 0.391. The van der Waals surface area contributed by atoms with Crippen molar-refractivity contribution in [1.29, 1.82) is 0 Å². The molecule has 0 saturated heterocycles. The zero-order valence-electron chi connectivity index (χ0n) is 18.4. The molecule has 0 aromatic heterocycles. The number of urea groups is 1. The van der Waals surface area contributed by atoms with E-state index in [1.54, 1.807) is 12.1 Å². The van der Waals surface area contributed by atoms with Crippen molar-refractivity contribution in [3.8, 4) is 23.0 Å². The van der Waals surface area contributed by atoms with Gasteiger partial charge in [0.2, 0.25) is 0 Å². The number of nitrogens with two attached hydrogens (primary N) is 1. The Morgan fingerprint density at radius 2 is 1.69 bits per heavy atom. The number of amides is 2. The zero-order valence-corrected chi connectivity index (χ0v) is 19.2. The molecular weight excluding hydrogens is 434 g/mol. The van der Waals surface area contributed by atoms with Crippen LogP contribution in [0.25, 0.3) is 0 Å². The van der Waals surface area contributed by atoms with Crippen LogP contribution in [0.1, 0.15) is 38.2 Å². The summed E-state index contributed by atoms with van der Waals surface area (Å²) in [5.41, 5.74) is 7.69. The number of unbranched alkanes of at least 4 members (excludes halogenated alkanes) is 3. The summed E-state index contributed by atoms with van der Waals surface area (Å²) < 4.78 is 22.5. The van der Waals surface area contributed by atoms with Gasteiger partial charge in [-0.3, -0.25) is 0 Å². The minimum Gasteiger partial charge on any atom is -0.494 e. The molecule has 0 heterocycles. The summed E-state index contributed by atoms with van der Waals surface area (Å²) >= 11 is 6.30. The lowest BCUT2D eigenvalue weighted by Gasteiger charge is -2.14. The zero-order chi connectivity index (χ0) is 23.2. The first kappa shape index (κ1) is 25.1. The molecule has 0 spiro atoms. The number of nitrogens with zero attached hydrogens (tertiary/aromatic N) is 1. The molecule has 32 heavy (non-hydrogen) atoms. The van der Waals surface area contributed by atoms with E-state index in [0.29, 0.717) is 28.7 Å². The third-order valence-electron chi connectivity index (χ3n) is 4.33. The Labute approximate surface area is 193 Å². The molecule has 2 amide bonds. The maximum Gasteiger partial charge on any atom is 0.332 e. The van der Waals surface area contributed by atoms with Crippen LogP contribution in [0, 0.1) is 0 Å². The summed E-state index contributed by atoms with van der Waals surface area (Å²) in [5.74, 6) is 2.37. The van der Waals surface area contributed by atoms with Gasteiger partial charge in [0.05, 0.1) is 25.0 Å². The van der Waals surface area contributed by atoms with Gasteiger partial charge >= 0.3 is 6.03 Å². The summed E-state index contributed by atoms with van der Waals surface area (Å²) in [4.78, 5) is 10.7. The molecule has 0 aliphatic heterocycles. The van der Waals surface area contributed by atoms with Crippen molar-refractivity contribution >= 4 is 23.8 Å². The van der Waals surface area contributed by atoms with E-state index in [4.69, 9.17) is 36.3 Å². The van der Waals surface area contributed by atoms with Gasteiger partial charge in [-0.1, -0.05) is 37.8 Å². The van der Waals surface area contributed by atoms with Gasteiger partial charge in [0, 0.05) is 0 Å². The molecule has 3 N–H and O–H groups in total. The number of benzene rings is 2. The fourth-order valence-corrected chi connectivity index (χ4v) is 3.05. The number of hydrogen-bond donors (Lipinski definition) is 2. The predicted molar refractivity (Wildman–Crippen MR) is 125 cm³/mol. The lowest BCUT2D eigenvalue weighted by Crippen LogP contribution is -2.24. The van der Waals surface area contributed by atoms with Crippen LogP contribution in [-0.4, -0.2) is 39.2 Å². The normalized spacial score (nSPS) is 10.7. The topological polar surface area (TPSA) is 104 Å². The lowest BCUT2D eigenvalue weighted by atomic mass is 10.2. The van der Waals surface area contributed by atoms with Crippen LogP contribution in [0.15, 0.2) is 41.5 Å². The Balaban J connectivity index is 1.80. The highest BCUT2D eigenvalue weighted by atomic mass is 35.5. The van der Waals surface area contributed by atoms with Crippen molar-refractivity contribution in [2.75, 3.05) is 26.9 Å². The van der Waals surface area contributed by atoms with Gasteiger partial charge in [0.25, 0.3) is 0 Å². The average Bonchev–Trinajstić information content (AvgIpc) is 2.78. The molecule has 0 aliphatic rings. The Morgan fingerprint density at radius 3 is 2.31 bits per heavy atom. The van der Waals surface area contributed by atoms with Crippen LogP contribution in [0.3, 0.4) is 0 Å². The van der Waals surface area contributed by atoms with Crippen molar-refractivity contribution in [3.63, 3.8) is 0 Å². The third kappa shape index (κ3) is 8.93. The van der Waals surface area contributed by atoms with Gasteiger partial charge in [0.1, 0.15) is 24.7 Å². The van der Waals surface area contributed by atoms with Gasteiger partial charge in [-0.05, 0) is 48.4 Å². The van der Waals surface area contributed by atoms with E-state index < -0.39 is 6.03 Å². The Bertz CT molecular complexity index is 875. The van der Waals surface area contributed by atoms with Gasteiger partial charge in [-0.25, -0.2) is 10.2 Å². The van der Waals surface area contributed by atoms with Gasteiger partial charge in [0.15, 0.2) is 11.5 Å². The fourth-order valence-electron chi connectivity index (χ4n) is 2.78. The van der Waals surface area contributed by atoms with Gasteiger partial charge in [-0.15, -0.1) is 0 Å². The van der Waals surface area contributed by atoms with Crippen LogP contribution >= 0.6 is 11.6 Å². The van der Waals surface area contributed by atoms with E-state index in [1.165, 1.54) is 32.6 Å². The van der Waals surface area contributed by atoms with E-state index >= 15 is 0 Å². The second kappa shape index (κ2) is 14.0.